The van der Waals surface area contributed by atoms with Crippen molar-refractivity contribution in [2.45, 2.75) is 390 Å². The minimum Gasteiger partial charge on any atom is -0.463 e. The third-order valence-corrected chi connectivity index (χ3v) is 11.2. The lowest BCUT2D eigenvalue weighted by atomic mass is 9.91. The molecule has 636 valence electrons. The number of esters is 1. The molecule has 0 fully saturated rings. The van der Waals surface area contributed by atoms with E-state index in [0.29, 0.717) is 76.8 Å². The molecule has 0 bridgehead atoms. The van der Waals surface area contributed by atoms with Gasteiger partial charge in [0.05, 0.1) is 128 Å². The maximum atomic E-state index is 11.3. The first-order valence-electron chi connectivity index (χ1n) is 39.4. The smallest absolute Gasteiger partial charge is 0.311 e. The Kier molecular flexibility index (Phi) is 64.3. The topological polar surface area (TPSA) is 184 Å². The molecule has 0 unspecified atom stereocenters. The molecule has 0 saturated heterocycles. The summed E-state index contributed by atoms with van der Waals surface area (Å²) in [5.74, 6) is -0.130. The first-order chi connectivity index (χ1) is 45.7. The van der Waals surface area contributed by atoms with Crippen LogP contribution in [0.4, 0.5) is 0 Å². The average molecular weight is 1500 g/mol. The molecule has 0 aliphatic heterocycles. The van der Waals surface area contributed by atoms with Crippen molar-refractivity contribution in [2.75, 3.05) is 126 Å². The summed E-state index contributed by atoms with van der Waals surface area (Å²) in [7, 11) is 0. The molecule has 0 aromatic carbocycles. The van der Waals surface area contributed by atoms with E-state index in [1.54, 1.807) is 0 Å². The Hall–Kier alpha value is -1.58. The molecular formula is C87H190N4O13. The molecular weight excluding hydrogens is 1310 g/mol. The lowest BCUT2D eigenvalue weighted by molar-refractivity contribution is -0.154. The molecule has 0 aromatic rings. The monoisotopic (exact) mass is 1500 g/mol. The Bertz CT molecular complexity index is 1780. The highest BCUT2D eigenvalue weighted by Gasteiger charge is 2.24. The quantitative estimate of drug-likeness (QED) is 0.0302. The maximum Gasteiger partial charge on any atom is 0.311 e. The van der Waals surface area contributed by atoms with Crippen LogP contribution in [-0.4, -0.2) is 182 Å². The van der Waals surface area contributed by atoms with E-state index in [1.165, 1.54) is 12.8 Å². The molecule has 0 spiro atoms. The molecule has 0 heterocycles. The summed E-state index contributed by atoms with van der Waals surface area (Å²) in [6, 6.07) is 0. The van der Waals surface area contributed by atoms with Crippen LogP contribution in [0.1, 0.15) is 345 Å². The lowest BCUT2D eigenvalue weighted by Crippen LogP contribution is -2.41. The first-order valence-corrected chi connectivity index (χ1v) is 39.4. The number of amides is 1. The van der Waals surface area contributed by atoms with Gasteiger partial charge in [-0.1, -0.05) is 145 Å². The predicted molar refractivity (Wildman–Crippen MR) is 450 cm³/mol. The van der Waals surface area contributed by atoms with Gasteiger partial charge in [0, 0.05) is 48.3 Å². The molecule has 4 N–H and O–H groups in total. The van der Waals surface area contributed by atoms with Crippen molar-refractivity contribution >= 4 is 11.9 Å². The first kappa shape index (κ1) is 118. The summed E-state index contributed by atoms with van der Waals surface area (Å²) in [5.41, 5.74) is 1.82. The fourth-order valence-corrected chi connectivity index (χ4v) is 6.53. The van der Waals surface area contributed by atoms with Crippen molar-refractivity contribution < 1.29 is 61.7 Å². The highest BCUT2D eigenvalue weighted by atomic mass is 16.6. The number of rotatable bonds is 30. The third-order valence-electron chi connectivity index (χ3n) is 11.2. The van der Waals surface area contributed by atoms with Gasteiger partial charge in [0.25, 0.3) is 0 Å². The van der Waals surface area contributed by atoms with Crippen LogP contribution in [0.2, 0.25) is 0 Å². The zero-order valence-corrected chi connectivity index (χ0v) is 78.9. The second kappa shape index (κ2) is 56.6. The van der Waals surface area contributed by atoms with E-state index in [-0.39, 0.29) is 84.0 Å². The molecule has 17 nitrogen and oxygen atoms in total. The second-order valence-corrected chi connectivity index (χ2v) is 44.3. The van der Waals surface area contributed by atoms with Gasteiger partial charge in [0.1, 0.15) is 6.61 Å². The van der Waals surface area contributed by atoms with E-state index in [2.05, 4.69) is 291 Å². The molecule has 0 radical (unpaired) electrons. The lowest BCUT2D eigenvalue weighted by Gasteiger charge is -2.25. The van der Waals surface area contributed by atoms with E-state index < -0.39 is 5.41 Å². The molecule has 0 aliphatic rings. The second-order valence-electron chi connectivity index (χ2n) is 44.3. The van der Waals surface area contributed by atoms with Crippen LogP contribution < -0.4 is 21.3 Å². The number of hydrogen-bond acceptors (Lipinski definition) is 16. The van der Waals surface area contributed by atoms with Gasteiger partial charge < -0.3 is 68.1 Å². The largest absolute Gasteiger partial charge is 0.463 e. The van der Waals surface area contributed by atoms with Crippen molar-refractivity contribution in [3.8, 4) is 0 Å². The number of carbonyl (C=O) groups excluding carboxylic acids is 2. The zero-order chi connectivity index (χ0) is 84.4. The van der Waals surface area contributed by atoms with Gasteiger partial charge in [-0.2, -0.15) is 0 Å². The van der Waals surface area contributed by atoms with Crippen molar-refractivity contribution in [3.05, 3.63) is 0 Å². The number of nitrogens with one attached hydrogen (secondary N) is 4. The van der Waals surface area contributed by atoms with Crippen molar-refractivity contribution in [2.24, 2.45) is 43.3 Å². The molecule has 17 heteroatoms. The van der Waals surface area contributed by atoms with Crippen molar-refractivity contribution in [1.82, 2.24) is 21.3 Å². The van der Waals surface area contributed by atoms with Crippen molar-refractivity contribution in [1.29, 1.82) is 0 Å². The summed E-state index contributed by atoms with van der Waals surface area (Å²) in [6.07, 6.45) is 3.06. The van der Waals surface area contributed by atoms with Crippen LogP contribution in [0.15, 0.2) is 0 Å². The minimum absolute atomic E-state index is 0.0143. The van der Waals surface area contributed by atoms with E-state index in [1.807, 2.05) is 55.4 Å². The van der Waals surface area contributed by atoms with Gasteiger partial charge in [-0.3, -0.25) is 14.9 Å². The Labute approximate surface area is 650 Å². The molecule has 0 aromatic heterocycles. The third kappa shape index (κ3) is 146. The molecule has 0 atom stereocenters. The Balaban J connectivity index is -0.000000169. The normalized spacial score (nSPS) is 13.1. The zero-order valence-electron chi connectivity index (χ0n) is 78.9. The molecule has 0 rings (SSSR count). The standard InChI is InChI=1S/C12H24O3.C12H26O2.C12H26O.C11H25NO.C11H24O2.C10H21NO2.C10H23NO.C9H21NO/c1-11(2,3)9-14-7-8-15-10(13)12(4,5)6;1-11(2,3)9-13-7-8-14-10-12(4,5)6;1-11(2,3)8-7-9-13-10-12(4,5)6;1-10(2,3)9-13-8-7-12-11(4,5)6;1-10(2,3)9-12-7-8-13-11(4,5)6;1-8(2)13-7-6-9(12)11-10(3,4)5;1-9(2,3)11-7-8-12-10(4,5)6;1-8(2,3)10-7-11-9(4,5)6/h7-9H2,1-6H3;7-10H2,1-6H3;7-10H2,1-6H3;12H,7-9H2,1-6H3;7-9H2,1-6H3;8H,6-7H2,1-5H3,(H,11,12);11H,7-8H2,1-6H3;10H,7H2,1-6H3. The summed E-state index contributed by atoms with van der Waals surface area (Å²) < 4.78 is 59.9. The van der Waals surface area contributed by atoms with Gasteiger partial charge in [-0.05, 0) is 231 Å². The summed E-state index contributed by atoms with van der Waals surface area (Å²) in [4.78, 5) is 22.6. The molecule has 0 aliphatic carbocycles. The molecule has 0 saturated carbocycles. The van der Waals surface area contributed by atoms with Gasteiger partial charge in [0.15, 0.2) is 0 Å². The highest BCUT2D eigenvalue weighted by molar-refractivity contribution is 5.76. The minimum atomic E-state index is -0.427. The highest BCUT2D eigenvalue weighted by Crippen LogP contribution is 2.22. The Morgan fingerprint density at radius 3 is 0.865 bits per heavy atom. The van der Waals surface area contributed by atoms with E-state index in [9.17, 15) is 9.59 Å². The molecule has 1 amide bonds. The van der Waals surface area contributed by atoms with E-state index >= 15 is 0 Å². The van der Waals surface area contributed by atoms with Crippen LogP contribution in [0.5, 0.6) is 0 Å². The van der Waals surface area contributed by atoms with Gasteiger partial charge in [-0.15, -0.1) is 0 Å². The summed E-state index contributed by atoms with van der Waals surface area (Å²) >= 11 is 0. The fourth-order valence-electron chi connectivity index (χ4n) is 6.53. The van der Waals surface area contributed by atoms with Crippen LogP contribution in [0.25, 0.3) is 0 Å². The summed E-state index contributed by atoms with van der Waals surface area (Å²) in [6.45, 7) is 113. The maximum absolute atomic E-state index is 11.3. The summed E-state index contributed by atoms with van der Waals surface area (Å²) in [5, 5.41) is 12.9. The van der Waals surface area contributed by atoms with E-state index in [4.69, 9.17) is 52.1 Å². The van der Waals surface area contributed by atoms with Crippen LogP contribution in [0.3, 0.4) is 0 Å². The van der Waals surface area contributed by atoms with Gasteiger partial charge >= 0.3 is 5.97 Å². The van der Waals surface area contributed by atoms with Gasteiger partial charge in [-0.25, -0.2) is 0 Å². The Morgan fingerprint density at radius 1 is 0.298 bits per heavy atom. The van der Waals surface area contributed by atoms with Crippen LogP contribution in [-0.2, 0) is 61.7 Å². The van der Waals surface area contributed by atoms with Crippen molar-refractivity contribution in [3.63, 3.8) is 0 Å². The van der Waals surface area contributed by atoms with Crippen LogP contribution >= 0.6 is 0 Å². The van der Waals surface area contributed by atoms with Crippen LogP contribution in [0, 0.1) is 43.3 Å². The molecule has 104 heavy (non-hydrogen) atoms. The van der Waals surface area contributed by atoms with E-state index in [0.717, 1.165) is 65.9 Å². The predicted octanol–water partition coefficient (Wildman–Crippen LogP) is 21.0. The number of ether oxygens (including phenoxy) is 11. The Morgan fingerprint density at radius 2 is 0.587 bits per heavy atom. The fraction of sp³-hybridized carbons (Fsp3) is 0.977. The number of carbonyl (C=O) groups is 2. The number of hydrogen-bond donors (Lipinski definition) is 4. The van der Waals surface area contributed by atoms with Gasteiger partial charge in [0.2, 0.25) is 5.91 Å². The SMILES string of the molecule is CC(C)(C)CCCOCC(C)(C)C.CC(C)(C)COCCNC(C)(C)C.CC(C)(C)COCCOC(=O)C(C)(C)C.CC(C)(C)COCCOC(C)(C)C.CC(C)(C)COCCOCC(C)(C)C.CC(C)(C)NCCOC(C)(C)C.CC(C)(C)NCOC(C)(C)C.CC(C)OCCC(=O)NC(C)(C)C. The average Bonchev–Trinajstić information content (AvgIpc) is 0.920.